The number of amides is 2. The Labute approximate surface area is 189 Å². The van der Waals surface area contributed by atoms with Gasteiger partial charge in [-0.2, -0.15) is 0 Å². The first-order valence-electron chi connectivity index (χ1n) is 9.85. The fraction of sp³-hybridized carbons (Fsp3) is 0.261. The van der Waals surface area contributed by atoms with Crippen molar-refractivity contribution in [1.82, 2.24) is 0 Å². The van der Waals surface area contributed by atoms with Crippen LogP contribution in [0.4, 0.5) is 11.4 Å². The van der Waals surface area contributed by atoms with Crippen molar-refractivity contribution in [1.29, 1.82) is 0 Å². The van der Waals surface area contributed by atoms with Gasteiger partial charge >= 0.3 is 5.97 Å². The maximum atomic E-state index is 12.5. The molecule has 0 saturated carbocycles. The number of hydrogen-bond donors (Lipinski definition) is 2. The predicted octanol–water partition coefficient (Wildman–Crippen LogP) is 5.09. The summed E-state index contributed by atoms with van der Waals surface area (Å²) in [5, 5.41) is 6.16. The zero-order chi connectivity index (χ0) is 22.4. The lowest BCUT2D eigenvalue weighted by Gasteiger charge is -2.12. The van der Waals surface area contributed by atoms with E-state index in [1.54, 1.807) is 26.0 Å². The fourth-order valence-corrected chi connectivity index (χ4v) is 4.40. The Morgan fingerprint density at radius 2 is 1.74 bits per heavy atom. The van der Waals surface area contributed by atoms with Crippen LogP contribution in [0.5, 0.6) is 0 Å². The van der Waals surface area contributed by atoms with Gasteiger partial charge < -0.3 is 15.4 Å². The van der Waals surface area contributed by atoms with Crippen molar-refractivity contribution < 1.29 is 19.1 Å². The highest BCUT2D eigenvalue weighted by Gasteiger charge is 2.17. The third-order valence-corrected chi connectivity index (χ3v) is 6.67. The van der Waals surface area contributed by atoms with Crippen LogP contribution in [0.1, 0.15) is 29.1 Å². The zero-order valence-corrected chi connectivity index (χ0v) is 19.2. The highest BCUT2D eigenvalue weighted by Crippen LogP contribution is 2.29. The van der Waals surface area contributed by atoms with Crippen LogP contribution >= 0.6 is 23.1 Å². The first-order valence-corrected chi connectivity index (χ1v) is 11.7. The fourth-order valence-electron chi connectivity index (χ4n) is 2.78. The minimum Gasteiger partial charge on any atom is -0.462 e. The van der Waals surface area contributed by atoms with Gasteiger partial charge in [0.15, 0.2) is 0 Å². The second-order valence-corrected chi connectivity index (χ2v) is 9.35. The Balaban J connectivity index is 1.53. The Bertz CT molecular complexity index is 1090. The summed E-state index contributed by atoms with van der Waals surface area (Å²) in [6, 6.07) is 14.8. The molecule has 1 unspecified atom stereocenters. The average Bonchev–Trinajstić information content (AvgIpc) is 3.17. The number of fused-ring (bicyclic) bond motifs is 1. The van der Waals surface area contributed by atoms with E-state index >= 15 is 0 Å². The number of hydrogen-bond acceptors (Lipinski definition) is 6. The van der Waals surface area contributed by atoms with Gasteiger partial charge in [0.2, 0.25) is 11.8 Å². The van der Waals surface area contributed by atoms with E-state index in [0.29, 0.717) is 17.2 Å². The van der Waals surface area contributed by atoms with E-state index in [0.717, 1.165) is 21.3 Å². The molecule has 6 nitrogen and oxygen atoms in total. The number of nitrogens with one attached hydrogen (secondary N) is 2. The highest BCUT2D eigenvalue weighted by atomic mass is 32.2. The Morgan fingerprint density at radius 3 is 2.45 bits per heavy atom. The van der Waals surface area contributed by atoms with Crippen LogP contribution in [0.2, 0.25) is 0 Å². The van der Waals surface area contributed by atoms with Crippen molar-refractivity contribution in [3.05, 3.63) is 59.0 Å². The number of esters is 1. The van der Waals surface area contributed by atoms with Crippen LogP contribution in [-0.4, -0.2) is 35.4 Å². The number of anilines is 2. The molecule has 0 aliphatic rings. The number of carbonyl (C=O) groups is 3. The van der Waals surface area contributed by atoms with E-state index in [1.807, 2.05) is 43.3 Å². The molecular weight excluding hydrogens is 432 g/mol. The third kappa shape index (κ3) is 6.32. The lowest BCUT2D eigenvalue weighted by molar-refractivity contribution is -0.115. The predicted molar refractivity (Wildman–Crippen MR) is 128 cm³/mol. The number of benzene rings is 2. The van der Waals surface area contributed by atoms with Crippen LogP contribution < -0.4 is 10.6 Å². The summed E-state index contributed by atoms with van der Waals surface area (Å²) in [5.41, 5.74) is 2.50. The summed E-state index contributed by atoms with van der Waals surface area (Å²) in [4.78, 5) is 37.1. The van der Waals surface area contributed by atoms with E-state index in [1.165, 1.54) is 23.1 Å². The molecule has 0 aliphatic heterocycles. The number of ether oxygens (including phenoxy) is 1. The molecule has 0 saturated heterocycles. The second kappa shape index (κ2) is 10.5. The number of thiophene rings is 1. The van der Waals surface area contributed by atoms with E-state index < -0.39 is 5.25 Å². The molecule has 2 aromatic carbocycles. The summed E-state index contributed by atoms with van der Waals surface area (Å²) in [7, 11) is 0. The average molecular weight is 457 g/mol. The number of aryl methyl sites for hydroxylation is 1. The van der Waals surface area contributed by atoms with Crippen molar-refractivity contribution in [2.75, 3.05) is 23.0 Å². The van der Waals surface area contributed by atoms with Crippen molar-refractivity contribution in [2.45, 2.75) is 26.0 Å². The summed E-state index contributed by atoms with van der Waals surface area (Å²) in [5.74, 6) is -0.509. The smallest absolute Gasteiger partial charge is 0.348 e. The first-order chi connectivity index (χ1) is 14.9. The molecule has 2 N–H and O–H groups in total. The van der Waals surface area contributed by atoms with Crippen LogP contribution in [-0.2, 0) is 14.3 Å². The van der Waals surface area contributed by atoms with Crippen LogP contribution in [0.25, 0.3) is 10.1 Å². The lowest BCUT2D eigenvalue weighted by atomic mass is 10.2. The normalized spacial score (nSPS) is 11.7. The Hall–Kier alpha value is -2.84. The van der Waals surface area contributed by atoms with Crippen LogP contribution in [0, 0.1) is 6.92 Å². The van der Waals surface area contributed by atoms with Crippen molar-refractivity contribution in [3.63, 3.8) is 0 Å². The van der Waals surface area contributed by atoms with E-state index in [4.69, 9.17) is 4.74 Å². The van der Waals surface area contributed by atoms with Crippen LogP contribution in [0.15, 0.2) is 48.5 Å². The lowest BCUT2D eigenvalue weighted by Crippen LogP contribution is -2.25. The molecule has 0 aliphatic carbocycles. The molecule has 0 spiro atoms. The van der Waals surface area contributed by atoms with Gasteiger partial charge in [-0.15, -0.1) is 23.1 Å². The molecule has 1 heterocycles. The third-order valence-electron chi connectivity index (χ3n) is 4.43. The molecule has 3 rings (SSSR count). The minimum absolute atomic E-state index is 0.153. The maximum Gasteiger partial charge on any atom is 0.348 e. The maximum absolute atomic E-state index is 12.5. The molecule has 0 radical (unpaired) electrons. The molecule has 0 bridgehead atoms. The van der Waals surface area contributed by atoms with Gasteiger partial charge in [0.25, 0.3) is 0 Å². The standard InChI is InChI=1S/C23H24N2O4S2/c1-4-29-23(28)20-12-16-11-18(9-10-19(16)31-20)25-22(27)15(3)30-13-21(26)24-17-7-5-14(2)6-8-17/h5-12,15H,4,13H2,1-3H3,(H,24,26)(H,25,27). The topological polar surface area (TPSA) is 84.5 Å². The van der Waals surface area contributed by atoms with E-state index in [2.05, 4.69) is 10.6 Å². The van der Waals surface area contributed by atoms with Crippen LogP contribution in [0.3, 0.4) is 0 Å². The van der Waals surface area contributed by atoms with Crippen molar-refractivity contribution in [2.24, 2.45) is 0 Å². The van der Waals surface area contributed by atoms with Crippen molar-refractivity contribution >= 4 is 62.3 Å². The van der Waals surface area contributed by atoms with Gasteiger partial charge in [0.05, 0.1) is 17.6 Å². The molecule has 31 heavy (non-hydrogen) atoms. The van der Waals surface area contributed by atoms with Gasteiger partial charge in [-0.1, -0.05) is 17.7 Å². The summed E-state index contributed by atoms with van der Waals surface area (Å²) in [6.45, 7) is 5.84. The molecule has 8 heteroatoms. The summed E-state index contributed by atoms with van der Waals surface area (Å²) >= 11 is 2.62. The number of carbonyl (C=O) groups excluding carboxylic acids is 3. The molecule has 1 atom stereocenters. The molecule has 162 valence electrons. The SMILES string of the molecule is CCOC(=O)c1cc2cc(NC(=O)C(C)SCC(=O)Nc3ccc(C)cc3)ccc2s1. The molecule has 1 aromatic heterocycles. The van der Waals surface area contributed by atoms with E-state index in [-0.39, 0.29) is 23.5 Å². The second-order valence-electron chi connectivity index (χ2n) is 6.94. The Morgan fingerprint density at radius 1 is 1.03 bits per heavy atom. The first kappa shape index (κ1) is 22.8. The minimum atomic E-state index is -0.406. The van der Waals surface area contributed by atoms with Gasteiger partial charge in [-0.25, -0.2) is 4.79 Å². The molecule has 0 fully saturated rings. The molecular formula is C23H24N2O4S2. The highest BCUT2D eigenvalue weighted by molar-refractivity contribution is 8.01. The van der Waals surface area contributed by atoms with E-state index in [9.17, 15) is 14.4 Å². The number of thioether (sulfide) groups is 1. The zero-order valence-electron chi connectivity index (χ0n) is 17.6. The molecule has 2 amide bonds. The van der Waals surface area contributed by atoms with Gasteiger partial charge in [0.1, 0.15) is 4.88 Å². The summed E-state index contributed by atoms with van der Waals surface area (Å²) in [6.07, 6.45) is 0. The number of rotatable bonds is 8. The quantitative estimate of drug-likeness (QED) is 0.462. The van der Waals surface area contributed by atoms with Gasteiger partial charge in [-0.3, -0.25) is 9.59 Å². The van der Waals surface area contributed by atoms with Gasteiger partial charge in [-0.05, 0) is 62.6 Å². The summed E-state index contributed by atoms with van der Waals surface area (Å²) < 4.78 is 5.98. The monoisotopic (exact) mass is 456 g/mol. The Kier molecular flexibility index (Phi) is 7.70. The molecule has 3 aromatic rings. The van der Waals surface area contributed by atoms with Gasteiger partial charge in [0, 0.05) is 16.1 Å². The van der Waals surface area contributed by atoms with Crippen molar-refractivity contribution in [3.8, 4) is 0 Å². The largest absolute Gasteiger partial charge is 0.462 e.